The number of anilines is 2. The summed E-state index contributed by atoms with van der Waals surface area (Å²) in [5, 5.41) is 16.7. The predicted molar refractivity (Wildman–Crippen MR) is 79.1 cm³/mol. The van der Waals surface area contributed by atoms with Gasteiger partial charge in [-0.3, -0.25) is 10.1 Å². The van der Waals surface area contributed by atoms with E-state index in [0.29, 0.717) is 12.5 Å². The van der Waals surface area contributed by atoms with Crippen LogP contribution in [0.3, 0.4) is 0 Å². The topological polar surface area (TPSA) is 96.2 Å². The van der Waals surface area contributed by atoms with Gasteiger partial charge in [0.2, 0.25) is 11.8 Å². The highest BCUT2D eigenvalue weighted by Crippen LogP contribution is 2.21. The van der Waals surface area contributed by atoms with Crippen LogP contribution < -0.4 is 10.6 Å². The zero-order valence-corrected chi connectivity index (χ0v) is 12.2. The Labute approximate surface area is 118 Å². The molecule has 0 amide bonds. The van der Waals surface area contributed by atoms with Crippen molar-refractivity contribution >= 4 is 17.5 Å². The first-order chi connectivity index (χ1) is 9.62. The second-order valence-electron chi connectivity index (χ2n) is 4.24. The number of nitrogens with one attached hydrogen (secondary N) is 2. The number of rotatable bonds is 9. The molecule has 1 aromatic rings. The molecule has 0 aliphatic carbocycles. The Kier molecular flexibility index (Phi) is 6.65. The molecule has 0 fully saturated rings. The monoisotopic (exact) mass is 282 g/mol. The average Bonchev–Trinajstić information content (AvgIpc) is 2.47. The number of nitro groups is 1. The van der Waals surface area contributed by atoms with Crippen LogP contribution in [-0.2, 0) is 0 Å². The van der Waals surface area contributed by atoms with Crippen molar-refractivity contribution < 1.29 is 4.92 Å². The molecule has 112 valence electrons. The normalized spacial score (nSPS) is 10.6. The Hall–Kier alpha value is -1.96. The number of hydrogen-bond acceptors (Lipinski definition) is 7. The summed E-state index contributed by atoms with van der Waals surface area (Å²) in [5.41, 5.74) is -0.105. The van der Waals surface area contributed by atoms with Gasteiger partial charge in [0.1, 0.15) is 6.20 Å². The lowest BCUT2D eigenvalue weighted by atomic mass is 10.3. The molecule has 1 heterocycles. The third-order valence-electron chi connectivity index (χ3n) is 3.03. The summed E-state index contributed by atoms with van der Waals surface area (Å²) in [6.07, 6.45) is 2.11. The van der Waals surface area contributed by atoms with Gasteiger partial charge in [0.15, 0.2) is 0 Å². The van der Waals surface area contributed by atoms with Crippen molar-refractivity contribution in [2.45, 2.75) is 20.3 Å². The highest BCUT2D eigenvalue weighted by Gasteiger charge is 2.16. The smallest absolute Gasteiger partial charge is 0.329 e. The molecule has 0 radical (unpaired) electrons. The van der Waals surface area contributed by atoms with E-state index < -0.39 is 4.92 Å². The van der Waals surface area contributed by atoms with E-state index in [1.807, 2.05) is 0 Å². The zero-order chi connectivity index (χ0) is 15.0. The predicted octanol–water partition coefficient (Wildman–Crippen LogP) is 1.57. The summed E-state index contributed by atoms with van der Waals surface area (Å²) in [6, 6.07) is 0. The first-order valence-electron chi connectivity index (χ1n) is 6.77. The fraction of sp³-hybridized carbons (Fsp3) is 0.667. The van der Waals surface area contributed by atoms with Gasteiger partial charge >= 0.3 is 5.69 Å². The standard InChI is InChI=1S/C12H22N6O2/c1-4-17(5-2)8-6-7-14-11-10(18(19)20)9-15-12(13-3)16-11/h9H,4-8H2,1-3H3,(H2,13,14,15,16). The molecule has 0 saturated heterocycles. The van der Waals surface area contributed by atoms with Gasteiger partial charge in [0.25, 0.3) is 0 Å². The molecule has 0 aliphatic heterocycles. The van der Waals surface area contributed by atoms with E-state index in [2.05, 4.69) is 39.3 Å². The quantitative estimate of drug-likeness (QED) is 0.403. The van der Waals surface area contributed by atoms with Gasteiger partial charge in [-0.05, 0) is 26.1 Å². The van der Waals surface area contributed by atoms with E-state index >= 15 is 0 Å². The van der Waals surface area contributed by atoms with Crippen LogP contribution in [0.2, 0.25) is 0 Å². The molecule has 0 spiro atoms. The largest absolute Gasteiger partial charge is 0.364 e. The Bertz CT molecular complexity index is 436. The van der Waals surface area contributed by atoms with Gasteiger partial charge < -0.3 is 15.5 Å². The van der Waals surface area contributed by atoms with Gasteiger partial charge in [0, 0.05) is 13.6 Å². The van der Waals surface area contributed by atoms with Crippen LogP contribution in [0.4, 0.5) is 17.5 Å². The first-order valence-corrected chi connectivity index (χ1v) is 6.77. The van der Waals surface area contributed by atoms with E-state index in [0.717, 1.165) is 26.1 Å². The lowest BCUT2D eigenvalue weighted by Crippen LogP contribution is -2.25. The van der Waals surface area contributed by atoms with Crippen molar-refractivity contribution in [3.8, 4) is 0 Å². The van der Waals surface area contributed by atoms with Crippen molar-refractivity contribution in [3.63, 3.8) is 0 Å². The minimum Gasteiger partial charge on any atom is -0.364 e. The molecule has 0 aliphatic rings. The molecule has 8 heteroatoms. The molecule has 20 heavy (non-hydrogen) atoms. The van der Waals surface area contributed by atoms with Gasteiger partial charge in [-0.15, -0.1) is 0 Å². The fourth-order valence-electron chi connectivity index (χ4n) is 1.81. The van der Waals surface area contributed by atoms with E-state index in [-0.39, 0.29) is 11.5 Å². The van der Waals surface area contributed by atoms with Gasteiger partial charge in [-0.1, -0.05) is 13.8 Å². The van der Waals surface area contributed by atoms with E-state index in [9.17, 15) is 10.1 Å². The summed E-state index contributed by atoms with van der Waals surface area (Å²) in [7, 11) is 1.67. The number of nitrogens with zero attached hydrogens (tertiary/aromatic N) is 4. The summed E-state index contributed by atoms with van der Waals surface area (Å²) in [4.78, 5) is 20.7. The van der Waals surface area contributed by atoms with Gasteiger partial charge in [-0.25, -0.2) is 4.98 Å². The highest BCUT2D eigenvalue weighted by molar-refractivity contribution is 5.56. The minimum atomic E-state index is -0.480. The molecule has 8 nitrogen and oxygen atoms in total. The molecule has 0 aromatic carbocycles. The maximum Gasteiger partial charge on any atom is 0.329 e. The summed E-state index contributed by atoms with van der Waals surface area (Å²) in [6.45, 7) is 7.84. The number of hydrogen-bond donors (Lipinski definition) is 2. The van der Waals surface area contributed by atoms with Crippen molar-refractivity contribution in [1.29, 1.82) is 0 Å². The molecule has 1 aromatic heterocycles. The van der Waals surface area contributed by atoms with Crippen LogP contribution in [0.1, 0.15) is 20.3 Å². The zero-order valence-electron chi connectivity index (χ0n) is 12.2. The Morgan fingerprint density at radius 1 is 1.40 bits per heavy atom. The molecule has 0 atom stereocenters. The van der Waals surface area contributed by atoms with Gasteiger partial charge in [-0.2, -0.15) is 4.98 Å². The second-order valence-corrected chi connectivity index (χ2v) is 4.24. The second kappa shape index (κ2) is 8.26. The molecule has 0 saturated carbocycles. The first kappa shape index (κ1) is 16.1. The summed E-state index contributed by atoms with van der Waals surface area (Å²) in [5.74, 6) is 0.621. The fourth-order valence-corrected chi connectivity index (χ4v) is 1.81. The summed E-state index contributed by atoms with van der Waals surface area (Å²) < 4.78 is 0. The minimum absolute atomic E-state index is 0.105. The molecular weight excluding hydrogens is 260 g/mol. The molecule has 0 bridgehead atoms. The molecule has 1 rings (SSSR count). The van der Waals surface area contributed by atoms with Crippen LogP contribution in [0, 0.1) is 10.1 Å². The highest BCUT2D eigenvalue weighted by atomic mass is 16.6. The van der Waals surface area contributed by atoms with Crippen molar-refractivity contribution in [3.05, 3.63) is 16.3 Å². The average molecular weight is 282 g/mol. The van der Waals surface area contributed by atoms with Crippen LogP contribution in [0.5, 0.6) is 0 Å². The third kappa shape index (κ3) is 4.61. The van der Waals surface area contributed by atoms with E-state index in [1.165, 1.54) is 6.20 Å². The van der Waals surface area contributed by atoms with Crippen molar-refractivity contribution in [2.24, 2.45) is 0 Å². The maximum atomic E-state index is 10.9. The number of aromatic nitrogens is 2. The maximum absolute atomic E-state index is 10.9. The SMILES string of the molecule is CCN(CC)CCCNc1nc(NC)ncc1[N+](=O)[O-]. The van der Waals surface area contributed by atoms with E-state index in [4.69, 9.17) is 0 Å². The van der Waals surface area contributed by atoms with Crippen LogP contribution in [-0.4, -0.2) is 53.0 Å². The van der Waals surface area contributed by atoms with Gasteiger partial charge in [0.05, 0.1) is 4.92 Å². The molecule has 0 unspecified atom stereocenters. The lowest BCUT2D eigenvalue weighted by Gasteiger charge is -2.17. The summed E-state index contributed by atoms with van der Waals surface area (Å²) >= 11 is 0. The van der Waals surface area contributed by atoms with Crippen molar-refractivity contribution in [1.82, 2.24) is 14.9 Å². The Balaban J connectivity index is 2.59. The Morgan fingerprint density at radius 3 is 2.65 bits per heavy atom. The van der Waals surface area contributed by atoms with Crippen LogP contribution >= 0.6 is 0 Å². The molecular formula is C12H22N6O2. The van der Waals surface area contributed by atoms with Crippen molar-refractivity contribution in [2.75, 3.05) is 43.9 Å². The van der Waals surface area contributed by atoms with Crippen LogP contribution in [0.15, 0.2) is 6.20 Å². The Morgan fingerprint density at radius 2 is 2.10 bits per heavy atom. The van der Waals surface area contributed by atoms with Crippen LogP contribution in [0.25, 0.3) is 0 Å². The lowest BCUT2D eigenvalue weighted by molar-refractivity contribution is -0.384. The molecule has 2 N–H and O–H groups in total. The van der Waals surface area contributed by atoms with E-state index in [1.54, 1.807) is 7.05 Å². The third-order valence-corrected chi connectivity index (χ3v) is 3.03.